The summed E-state index contributed by atoms with van der Waals surface area (Å²) in [6.45, 7) is 2.69. The van der Waals surface area contributed by atoms with Gasteiger partial charge in [-0.2, -0.15) is 0 Å². The lowest BCUT2D eigenvalue weighted by Crippen LogP contribution is -2.43. The van der Waals surface area contributed by atoms with E-state index in [1.54, 1.807) is 12.1 Å². The van der Waals surface area contributed by atoms with E-state index in [2.05, 4.69) is 23.5 Å². The van der Waals surface area contributed by atoms with Gasteiger partial charge in [-0.25, -0.2) is 0 Å². The van der Waals surface area contributed by atoms with Crippen molar-refractivity contribution >= 4 is 24.2 Å². The Morgan fingerprint density at radius 3 is 2.62 bits per heavy atom. The zero-order chi connectivity index (χ0) is 20.4. The molecule has 0 aliphatic carbocycles. The highest BCUT2D eigenvalue weighted by Gasteiger charge is 2.34. The van der Waals surface area contributed by atoms with Crippen molar-refractivity contribution in [2.75, 3.05) is 25.0 Å². The summed E-state index contributed by atoms with van der Waals surface area (Å²) in [7, 11) is -1.55. The summed E-state index contributed by atoms with van der Waals surface area (Å²) >= 11 is 0. The molecule has 2 heterocycles. The SMILES string of the molecule is NCc1cccc(C2CCN(C(=O)C3CCNc4c(B(O)O)cccc43)CC2)c1. The monoisotopic (exact) mass is 393 g/mol. The number of piperidine rings is 1. The standard InChI is InChI=1S/C22H28BN3O3/c24-14-15-3-1-4-17(13-15)16-8-11-26(12-9-16)22(27)19-7-10-25-21-18(19)5-2-6-20(21)23(28)29/h1-6,13,16,19,25,28-29H,7-12,14,24H2. The van der Waals surface area contributed by atoms with E-state index in [-0.39, 0.29) is 11.8 Å². The number of carbonyl (C=O) groups is 1. The van der Waals surface area contributed by atoms with Crippen LogP contribution in [0.5, 0.6) is 0 Å². The molecule has 1 saturated heterocycles. The third-order valence-electron chi connectivity index (χ3n) is 6.28. The van der Waals surface area contributed by atoms with Gasteiger partial charge in [-0.05, 0) is 41.9 Å². The second kappa shape index (κ2) is 8.57. The van der Waals surface area contributed by atoms with E-state index in [0.29, 0.717) is 30.2 Å². The largest absolute Gasteiger partial charge is 0.490 e. The maximum absolute atomic E-state index is 13.3. The van der Waals surface area contributed by atoms with Crippen LogP contribution in [0.4, 0.5) is 5.69 Å². The second-order valence-electron chi connectivity index (χ2n) is 8.00. The summed E-state index contributed by atoms with van der Waals surface area (Å²) in [6, 6.07) is 13.9. The summed E-state index contributed by atoms with van der Waals surface area (Å²) in [4.78, 5) is 15.3. The number of rotatable bonds is 4. The Morgan fingerprint density at radius 2 is 1.90 bits per heavy atom. The maximum atomic E-state index is 13.3. The van der Waals surface area contributed by atoms with E-state index in [1.165, 1.54) is 5.56 Å². The predicted octanol–water partition coefficient (Wildman–Crippen LogP) is 1.13. The Morgan fingerprint density at radius 1 is 1.14 bits per heavy atom. The molecule has 0 aromatic heterocycles. The molecule has 0 radical (unpaired) electrons. The van der Waals surface area contributed by atoms with Crippen LogP contribution in [0.15, 0.2) is 42.5 Å². The Kier molecular flexibility index (Phi) is 5.90. The van der Waals surface area contributed by atoms with Crippen LogP contribution in [-0.2, 0) is 11.3 Å². The minimum absolute atomic E-state index is 0.145. The Labute approximate surface area is 171 Å². The maximum Gasteiger partial charge on any atom is 0.490 e. The van der Waals surface area contributed by atoms with E-state index in [4.69, 9.17) is 5.73 Å². The molecule has 2 aliphatic rings. The first-order valence-electron chi connectivity index (χ1n) is 10.4. The van der Waals surface area contributed by atoms with Gasteiger partial charge in [-0.15, -0.1) is 0 Å². The molecule has 4 rings (SSSR count). The molecular formula is C22H28BN3O3. The first-order chi connectivity index (χ1) is 14.1. The van der Waals surface area contributed by atoms with Crippen LogP contribution >= 0.6 is 0 Å². The molecule has 29 heavy (non-hydrogen) atoms. The molecule has 6 nitrogen and oxygen atoms in total. The molecule has 1 unspecified atom stereocenters. The molecule has 2 aromatic rings. The van der Waals surface area contributed by atoms with Crippen LogP contribution in [0.2, 0.25) is 0 Å². The predicted molar refractivity (Wildman–Crippen MR) is 115 cm³/mol. The highest BCUT2D eigenvalue weighted by Crippen LogP contribution is 2.34. The fourth-order valence-corrected chi connectivity index (χ4v) is 4.68. The summed E-state index contributed by atoms with van der Waals surface area (Å²) in [5.74, 6) is 0.371. The molecule has 0 bridgehead atoms. The van der Waals surface area contributed by atoms with Gasteiger partial charge in [0.25, 0.3) is 0 Å². The van der Waals surface area contributed by atoms with Crippen LogP contribution < -0.4 is 16.5 Å². The zero-order valence-corrected chi connectivity index (χ0v) is 16.6. The molecule has 2 aliphatic heterocycles. The number of anilines is 1. The van der Waals surface area contributed by atoms with Crippen LogP contribution in [0.1, 0.15) is 47.8 Å². The van der Waals surface area contributed by atoms with E-state index in [9.17, 15) is 14.8 Å². The normalized spacial score (nSPS) is 19.4. The second-order valence-corrected chi connectivity index (χ2v) is 8.00. The average Bonchev–Trinajstić information content (AvgIpc) is 2.77. The lowest BCUT2D eigenvalue weighted by Gasteiger charge is -2.36. The van der Waals surface area contributed by atoms with Crippen molar-refractivity contribution in [1.29, 1.82) is 0 Å². The fourth-order valence-electron chi connectivity index (χ4n) is 4.68. The third-order valence-corrected chi connectivity index (χ3v) is 6.28. The van der Waals surface area contributed by atoms with E-state index < -0.39 is 7.12 Å². The van der Waals surface area contributed by atoms with Gasteiger partial charge in [-0.3, -0.25) is 4.79 Å². The number of hydrogen-bond donors (Lipinski definition) is 4. The fraction of sp³-hybridized carbons (Fsp3) is 0.409. The number of likely N-dealkylation sites (tertiary alicyclic amines) is 1. The topological polar surface area (TPSA) is 98.8 Å². The van der Waals surface area contributed by atoms with Crippen molar-refractivity contribution in [3.05, 3.63) is 59.2 Å². The van der Waals surface area contributed by atoms with Crippen LogP contribution in [-0.4, -0.2) is 47.6 Å². The Hall–Kier alpha value is -2.35. The summed E-state index contributed by atoms with van der Waals surface area (Å²) < 4.78 is 0. The van der Waals surface area contributed by atoms with Crippen molar-refractivity contribution in [2.24, 2.45) is 5.73 Å². The lowest BCUT2D eigenvalue weighted by atomic mass is 9.75. The van der Waals surface area contributed by atoms with Gasteiger partial charge >= 0.3 is 7.12 Å². The van der Waals surface area contributed by atoms with Crippen LogP contribution in [0, 0.1) is 0 Å². The number of fused-ring (bicyclic) bond motifs is 1. The van der Waals surface area contributed by atoms with Gasteiger partial charge in [0.15, 0.2) is 0 Å². The first-order valence-corrected chi connectivity index (χ1v) is 10.4. The number of amides is 1. The van der Waals surface area contributed by atoms with Crippen molar-refractivity contribution in [1.82, 2.24) is 4.90 Å². The van der Waals surface area contributed by atoms with E-state index in [1.807, 2.05) is 17.0 Å². The highest BCUT2D eigenvalue weighted by atomic mass is 16.4. The van der Waals surface area contributed by atoms with Gasteiger partial charge in [0.1, 0.15) is 0 Å². The van der Waals surface area contributed by atoms with E-state index >= 15 is 0 Å². The zero-order valence-electron chi connectivity index (χ0n) is 16.6. The number of nitrogens with one attached hydrogen (secondary N) is 1. The minimum Gasteiger partial charge on any atom is -0.423 e. The molecule has 5 N–H and O–H groups in total. The van der Waals surface area contributed by atoms with Gasteiger partial charge in [0.2, 0.25) is 5.91 Å². The van der Waals surface area contributed by atoms with Gasteiger partial charge in [-0.1, -0.05) is 42.5 Å². The lowest BCUT2D eigenvalue weighted by molar-refractivity contribution is -0.134. The summed E-state index contributed by atoms with van der Waals surface area (Å²) in [6.07, 6.45) is 2.62. The molecule has 7 heteroatoms. The van der Waals surface area contributed by atoms with Gasteiger partial charge in [0.05, 0.1) is 5.92 Å². The first kappa shape index (κ1) is 19.9. The summed E-state index contributed by atoms with van der Waals surface area (Å²) in [5, 5.41) is 22.5. The quantitative estimate of drug-likeness (QED) is 0.584. The molecule has 1 atom stereocenters. The van der Waals surface area contributed by atoms with Crippen molar-refractivity contribution in [3.8, 4) is 0 Å². The minimum atomic E-state index is -1.55. The molecule has 2 aromatic carbocycles. The van der Waals surface area contributed by atoms with Crippen molar-refractivity contribution in [3.63, 3.8) is 0 Å². The molecule has 152 valence electrons. The van der Waals surface area contributed by atoms with Crippen LogP contribution in [0.25, 0.3) is 0 Å². The molecule has 0 saturated carbocycles. The van der Waals surface area contributed by atoms with Gasteiger partial charge in [0, 0.05) is 37.3 Å². The van der Waals surface area contributed by atoms with Crippen LogP contribution in [0.3, 0.4) is 0 Å². The number of nitrogens with zero attached hydrogens (tertiary/aromatic N) is 1. The molecule has 1 amide bonds. The smallest absolute Gasteiger partial charge is 0.423 e. The molecule has 0 spiro atoms. The number of para-hydroxylation sites is 1. The average molecular weight is 393 g/mol. The van der Waals surface area contributed by atoms with Gasteiger partial charge < -0.3 is 26.0 Å². The highest BCUT2D eigenvalue weighted by molar-refractivity contribution is 6.60. The third kappa shape index (κ3) is 4.03. The number of carbonyl (C=O) groups excluding carboxylic acids is 1. The van der Waals surface area contributed by atoms with E-state index in [0.717, 1.165) is 43.5 Å². The Balaban J connectivity index is 1.46. The number of hydrogen-bond acceptors (Lipinski definition) is 5. The molecule has 1 fully saturated rings. The number of benzene rings is 2. The Bertz CT molecular complexity index is 881. The number of nitrogens with two attached hydrogens (primary N) is 1. The van der Waals surface area contributed by atoms with Crippen molar-refractivity contribution in [2.45, 2.75) is 37.6 Å². The van der Waals surface area contributed by atoms with Crippen molar-refractivity contribution < 1.29 is 14.8 Å². The summed E-state index contributed by atoms with van der Waals surface area (Å²) in [5.41, 5.74) is 10.2. The molecular weight excluding hydrogens is 365 g/mol.